The summed E-state index contributed by atoms with van der Waals surface area (Å²) in [5.74, 6) is -1.57. The van der Waals surface area contributed by atoms with Crippen LogP contribution < -0.4 is 5.32 Å². The van der Waals surface area contributed by atoms with Gasteiger partial charge in [-0.25, -0.2) is 13.9 Å². The molecule has 1 N–H and O–H groups in total. The van der Waals surface area contributed by atoms with Crippen LogP contribution in [0.5, 0.6) is 0 Å². The van der Waals surface area contributed by atoms with Crippen molar-refractivity contribution in [1.29, 1.82) is 0 Å². The van der Waals surface area contributed by atoms with Gasteiger partial charge in [0.2, 0.25) is 0 Å². The van der Waals surface area contributed by atoms with Gasteiger partial charge in [0.25, 0.3) is 5.91 Å². The Bertz CT molecular complexity index is 895. The molecule has 8 nitrogen and oxygen atoms in total. The maximum absolute atomic E-state index is 12.9. The Balaban J connectivity index is 1.59. The highest BCUT2D eigenvalue weighted by molar-refractivity contribution is 5.97. The minimum absolute atomic E-state index is 0.281. The molecule has 0 aliphatic carbocycles. The second-order valence-corrected chi connectivity index (χ2v) is 5.34. The lowest BCUT2D eigenvalue weighted by Gasteiger charge is -2.13. The molecule has 9 heteroatoms. The topological polar surface area (TPSA) is 99.0 Å². The fourth-order valence-corrected chi connectivity index (χ4v) is 2.09. The standard InChI is InChI=1S/C17H14FN5O3/c1-11(16(24)20-14-6-4-13(18)5-7-14)26-17(25)12-2-8-15(9-3-12)23-10-19-21-22-23/h2-11H,1H3,(H,20,24)/t11-/m0/s1. The minimum atomic E-state index is -1.02. The maximum Gasteiger partial charge on any atom is 0.338 e. The summed E-state index contributed by atoms with van der Waals surface area (Å²) >= 11 is 0. The van der Waals surface area contributed by atoms with Crippen molar-refractivity contribution in [2.24, 2.45) is 0 Å². The summed E-state index contributed by atoms with van der Waals surface area (Å²) in [6.45, 7) is 1.45. The predicted molar refractivity (Wildman–Crippen MR) is 89.1 cm³/mol. The fourth-order valence-electron chi connectivity index (χ4n) is 2.09. The van der Waals surface area contributed by atoms with E-state index in [-0.39, 0.29) is 5.56 Å². The van der Waals surface area contributed by atoms with Gasteiger partial charge in [-0.2, -0.15) is 0 Å². The number of hydrogen-bond acceptors (Lipinski definition) is 6. The van der Waals surface area contributed by atoms with E-state index < -0.39 is 23.8 Å². The Hall–Kier alpha value is -3.62. The average molecular weight is 355 g/mol. The molecule has 2 aromatic carbocycles. The summed E-state index contributed by atoms with van der Waals surface area (Å²) in [5, 5.41) is 13.3. The number of benzene rings is 2. The Morgan fingerprint density at radius 2 is 1.81 bits per heavy atom. The van der Waals surface area contributed by atoms with Gasteiger partial charge in [0.05, 0.1) is 11.3 Å². The van der Waals surface area contributed by atoms with Crippen molar-refractivity contribution in [3.63, 3.8) is 0 Å². The minimum Gasteiger partial charge on any atom is -0.449 e. The first-order valence-electron chi connectivity index (χ1n) is 7.64. The summed E-state index contributed by atoms with van der Waals surface area (Å²) in [6, 6.07) is 11.7. The molecule has 0 spiro atoms. The average Bonchev–Trinajstić information content (AvgIpc) is 3.18. The number of carbonyl (C=O) groups is 2. The van der Waals surface area contributed by atoms with Crippen LogP contribution in [0, 0.1) is 5.82 Å². The van der Waals surface area contributed by atoms with Crippen LogP contribution in [0.4, 0.5) is 10.1 Å². The van der Waals surface area contributed by atoms with Crippen LogP contribution >= 0.6 is 0 Å². The summed E-state index contributed by atoms with van der Waals surface area (Å²) in [6.07, 6.45) is 0.404. The number of hydrogen-bond donors (Lipinski definition) is 1. The first-order valence-corrected chi connectivity index (χ1v) is 7.64. The molecule has 1 atom stereocenters. The fraction of sp³-hybridized carbons (Fsp3) is 0.118. The molecular weight excluding hydrogens is 341 g/mol. The number of amides is 1. The first-order chi connectivity index (χ1) is 12.5. The van der Waals surface area contributed by atoms with Crippen LogP contribution in [-0.4, -0.2) is 38.2 Å². The number of rotatable bonds is 5. The second kappa shape index (κ2) is 7.51. The molecule has 0 bridgehead atoms. The molecule has 1 heterocycles. The van der Waals surface area contributed by atoms with Gasteiger partial charge >= 0.3 is 5.97 Å². The number of aromatic nitrogens is 4. The SMILES string of the molecule is C[C@H](OC(=O)c1ccc(-n2cnnn2)cc1)C(=O)Nc1ccc(F)cc1. The van der Waals surface area contributed by atoms with Crippen LogP contribution in [-0.2, 0) is 9.53 Å². The van der Waals surface area contributed by atoms with Crippen molar-refractivity contribution < 1.29 is 18.7 Å². The van der Waals surface area contributed by atoms with Crippen LogP contribution in [0.15, 0.2) is 54.9 Å². The Kier molecular flexibility index (Phi) is 4.97. The van der Waals surface area contributed by atoms with Crippen LogP contribution in [0.2, 0.25) is 0 Å². The number of anilines is 1. The Morgan fingerprint density at radius 3 is 2.42 bits per heavy atom. The van der Waals surface area contributed by atoms with Gasteiger partial charge < -0.3 is 10.1 Å². The van der Waals surface area contributed by atoms with Gasteiger partial charge in [0.1, 0.15) is 12.1 Å². The molecule has 0 aliphatic rings. The first kappa shape index (κ1) is 17.2. The molecule has 0 saturated heterocycles. The van der Waals surface area contributed by atoms with Crippen molar-refractivity contribution in [2.75, 3.05) is 5.32 Å². The third kappa shape index (κ3) is 4.07. The zero-order valence-corrected chi connectivity index (χ0v) is 13.7. The second-order valence-electron chi connectivity index (χ2n) is 5.34. The molecule has 0 radical (unpaired) electrons. The van der Waals surface area contributed by atoms with Gasteiger partial charge in [-0.3, -0.25) is 4.79 Å². The number of halogens is 1. The number of tetrazole rings is 1. The monoisotopic (exact) mass is 355 g/mol. The maximum atomic E-state index is 12.9. The van der Waals surface area contributed by atoms with E-state index in [0.29, 0.717) is 11.4 Å². The smallest absolute Gasteiger partial charge is 0.338 e. The highest BCUT2D eigenvalue weighted by atomic mass is 19.1. The molecule has 0 unspecified atom stereocenters. The lowest BCUT2D eigenvalue weighted by Crippen LogP contribution is -2.30. The van der Waals surface area contributed by atoms with Crippen LogP contribution in [0.3, 0.4) is 0 Å². The number of esters is 1. The van der Waals surface area contributed by atoms with Crippen molar-refractivity contribution >= 4 is 17.6 Å². The summed E-state index contributed by atoms with van der Waals surface area (Å²) in [7, 11) is 0. The zero-order chi connectivity index (χ0) is 18.5. The van der Waals surface area contributed by atoms with Crippen LogP contribution in [0.25, 0.3) is 5.69 Å². The molecular formula is C17H14FN5O3. The Labute approximate surface area is 147 Å². The Morgan fingerprint density at radius 1 is 1.12 bits per heavy atom. The van der Waals surface area contributed by atoms with E-state index in [0.717, 1.165) is 0 Å². The quantitative estimate of drug-likeness (QED) is 0.703. The summed E-state index contributed by atoms with van der Waals surface area (Å²) in [5.41, 5.74) is 1.36. The third-order valence-corrected chi connectivity index (χ3v) is 3.48. The number of nitrogens with one attached hydrogen (secondary N) is 1. The molecule has 0 aliphatic heterocycles. The highest BCUT2D eigenvalue weighted by Gasteiger charge is 2.19. The van der Waals surface area contributed by atoms with Crippen molar-refractivity contribution in [2.45, 2.75) is 13.0 Å². The molecule has 0 fully saturated rings. The molecule has 1 amide bonds. The van der Waals surface area contributed by atoms with Gasteiger partial charge in [0, 0.05) is 5.69 Å². The van der Waals surface area contributed by atoms with Crippen molar-refractivity contribution in [3.8, 4) is 5.69 Å². The van der Waals surface area contributed by atoms with Gasteiger partial charge in [-0.1, -0.05) is 0 Å². The summed E-state index contributed by atoms with van der Waals surface area (Å²) < 4.78 is 19.5. The summed E-state index contributed by atoms with van der Waals surface area (Å²) in [4.78, 5) is 24.2. The predicted octanol–water partition coefficient (Wildman–Crippen LogP) is 1.99. The largest absolute Gasteiger partial charge is 0.449 e. The third-order valence-electron chi connectivity index (χ3n) is 3.48. The number of nitrogens with zero attached hydrogens (tertiary/aromatic N) is 4. The van der Waals surface area contributed by atoms with Gasteiger partial charge in [0.15, 0.2) is 6.10 Å². The van der Waals surface area contributed by atoms with E-state index in [9.17, 15) is 14.0 Å². The molecule has 26 heavy (non-hydrogen) atoms. The van der Waals surface area contributed by atoms with E-state index in [2.05, 4.69) is 20.8 Å². The van der Waals surface area contributed by atoms with E-state index in [4.69, 9.17) is 4.74 Å². The van der Waals surface area contributed by atoms with Crippen molar-refractivity contribution in [1.82, 2.24) is 20.2 Å². The molecule has 3 aromatic rings. The lowest BCUT2D eigenvalue weighted by atomic mass is 10.2. The number of ether oxygens (including phenoxy) is 1. The lowest BCUT2D eigenvalue weighted by molar-refractivity contribution is -0.123. The van der Waals surface area contributed by atoms with Crippen molar-refractivity contribution in [3.05, 3.63) is 66.2 Å². The van der Waals surface area contributed by atoms with Gasteiger partial charge in [-0.05, 0) is 65.9 Å². The van der Waals surface area contributed by atoms with Crippen LogP contribution in [0.1, 0.15) is 17.3 Å². The van der Waals surface area contributed by atoms with E-state index in [1.54, 1.807) is 24.3 Å². The van der Waals surface area contributed by atoms with E-state index in [1.165, 1.54) is 42.2 Å². The van der Waals surface area contributed by atoms with Gasteiger partial charge in [-0.15, -0.1) is 5.10 Å². The molecule has 3 rings (SSSR count). The van der Waals surface area contributed by atoms with E-state index in [1.807, 2.05) is 0 Å². The molecule has 1 aromatic heterocycles. The molecule has 132 valence electrons. The zero-order valence-electron chi connectivity index (χ0n) is 13.7. The number of carbonyl (C=O) groups excluding carboxylic acids is 2. The highest BCUT2D eigenvalue weighted by Crippen LogP contribution is 2.12. The normalized spacial score (nSPS) is 11.6. The molecule has 0 saturated carbocycles. The van der Waals surface area contributed by atoms with E-state index >= 15 is 0 Å².